The van der Waals surface area contributed by atoms with Gasteiger partial charge in [-0.25, -0.2) is 0 Å². The monoisotopic (exact) mass is 620 g/mol. The van der Waals surface area contributed by atoms with E-state index in [0.717, 1.165) is 53.3 Å². The minimum atomic E-state index is -0.555. The van der Waals surface area contributed by atoms with E-state index in [4.69, 9.17) is 33.2 Å². The first kappa shape index (κ1) is 32.4. The van der Waals surface area contributed by atoms with Crippen LogP contribution in [-0.2, 0) is 28.4 Å². The number of hydrogen-bond acceptors (Lipinski definition) is 8. The van der Waals surface area contributed by atoms with E-state index in [1.807, 2.05) is 55.5 Å². The van der Waals surface area contributed by atoms with E-state index in [0.29, 0.717) is 19.3 Å². The first-order chi connectivity index (χ1) is 21.9. The summed E-state index contributed by atoms with van der Waals surface area (Å²) in [4.78, 5) is 0. The fraction of sp³-hybridized carbons (Fsp3) is 0.568. The Labute approximate surface area is 266 Å². The van der Waals surface area contributed by atoms with E-state index in [1.54, 1.807) is 7.11 Å². The van der Waals surface area contributed by atoms with E-state index < -0.39 is 18.7 Å². The van der Waals surface area contributed by atoms with Crippen molar-refractivity contribution < 1.29 is 38.3 Å². The van der Waals surface area contributed by atoms with Gasteiger partial charge in [0.05, 0.1) is 55.4 Å². The lowest BCUT2D eigenvalue weighted by molar-refractivity contribution is -0.271. The van der Waals surface area contributed by atoms with Crippen LogP contribution in [0.2, 0.25) is 0 Å². The molecule has 6 rings (SSSR count). The highest BCUT2D eigenvalue weighted by Gasteiger charge is 2.37. The lowest BCUT2D eigenvalue weighted by atomic mass is 9.94. The Morgan fingerprint density at radius 3 is 2.13 bits per heavy atom. The van der Waals surface area contributed by atoms with Gasteiger partial charge in [0.2, 0.25) is 0 Å². The third kappa shape index (κ3) is 8.06. The lowest BCUT2D eigenvalue weighted by Gasteiger charge is -2.40. The van der Waals surface area contributed by atoms with Gasteiger partial charge in [0.25, 0.3) is 0 Å². The van der Waals surface area contributed by atoms with Gasteiger partial charge >= 0.3 is 0 Å². The number of aliphatic hydroxyl groups excluding tert-OH is 1. The minimum Gasteiger partial charge on any atom is -0.496 e. The van der Waals surface area contributed by atoms with Crippen molar-refractivity contribution in [2.24, 2.45) is 0 Å². The van der Waals surface area contributed by atoms with Crippen LogP contribution in [0.3, 0.4) is 0 Å². The van der Waals surface area contributed by atoms with Gasteiger partial charge in [-0.2, -0.15) is 0 Å². The third-order valence-corrected chi connectivity index (χ3v) is 9.23. The average molecular weight is 621 g/mol. The van der Waals surface area contributed by atoms with Gasteiger partial charge in [0, 0.05) is 24.8 Å². The summed E-state index contributed by atoms with van der Waals surface area (Å²) in [5.74, 6) is 0.755. The van der Waals surface area contributed by atoms with Crippen LogP contribution in [-0.4, -0.2) is 61.2 Å². The molecule has 1 N–H and O–H groups in total. The highest BCUT2D eigenvalue weighted by atomic mass is 16.7. The predicted molar refractivity (Wildman–Crippen MR) is 171 cm³/mol. The zero-order chi connectivity index (χ0) is 31.3. The number of fused-ring (bicyclic) bond motifs is 1. The van der Waals surface area contributed by atoms with Crippen LogP contribution >= 0.6 is 0 Å². The molecule has 3 saturated heterocycles. The summed E-state index contributed by atoms with van der Waals surface area (Å²) in [7, 11) is 1.68. The van der Waals surface area contributed by atoms with Gasteiger partial charge in [-0.05, 0) is 56.4 Å². The second-order valence-electron chi connectivity index (χ2n) is 12.8. The summed E-state index contributed by atoms with van der Waals surface area (Å²) < 4.78 is 43.6. The number of methoxy groups -OCH3 is 1. The fourth-order valence-corrected chi connectivity index (χ4v) is 7.13. The van der Waals surface area contributed by atoms with E-state index in [9.17, 15) is 5.11 Å². The maximum Gasteiger partial charge on any atom is 0.188 e. The molecule has 0 radical (unpaired) electrons. The van der Waals surface area contributed by atoms with Crippen molar-refractivity contribution in [1.82, 2.24) is 0 Å². The van der Waals surface area contributed by atoms with E-state index in [2.05, 4.69) is 32.0 Å². The van der Waals surface area contributed by atoms with Crippen molar-refractivity contribution >= 4 is 10.8 Å². The molecule has 3 heterocycles. The second kappa shape index (κ2) is 14.9. The maximum absolute atomic E-state index is 11.2. The molecular weight excluding hydrogens is 572 g/mol. The second-order valence-corrected chi connectivity index (χ2v) is 12.8. The van der Waals surface area contributed by atoms with Gasteiger partial charge in [0.15, 0.2) is 18.9 Å². The minimum absolute atomic E-state index is 0.0124. The Bertz CT molecular complexity index is 1370. The first-order valence-electron chi connectivity index (χ1n) is 16.6. The van der Waals surface area contributed by atoms with Crippen LogP contribution in [0.4, 0.5) is 0 Å². The van der Waals surface area contributed by atoms with Crippen molar-refractivity contribution in [3.8, 4) is 5.75 Å². The Balaban J connectivity index is 1.07. The molecule has 0 saturated carbocycles. The van der Waals surface area contributed by atoms with Crippen molar-refractivity contribution in [3.05, 3.63) is 77.9 Å². The Morgan fingerprint density at radius 1 is 0.711 bits per heavy atom. The molecule has 3 aromatic rings. The van der Waals surface area contributed by atoms with Crippen LogP contribution in [0.1, 0.15) is 89.4 Å². The molecule has 7 unspecified atom stereocenters. The molecule has 0 bridgehead atoms. The highest BCUT2D eigenvalue weighted by molar-refractivity contribution is 5.88. The summed E-state index contributed by atoms with van der Waals surface area (Å²) in [6, 6.07) is 22.3. The van der Waals surface area contributed by atoms with Gasteiger partial charge in [-0.15, -0.1) is 0 Å². The summed E-state index contributed by atoms with van der Waals surface area (Å²) in [6.45, 7) is 6.16. The largest absolute Gasteiger partial charge is 0.496 e. The number of benzene rings is 3. The van der Waals surface area contributed by atoms with Crippen molar-refractivity contribution in [2.45, 2.75) is 127 Å². The van der Waals surface area contributed by atoms with E-state index >= 15 is 0 Å². The Hall–Kier alpha value is -2.56. The topological polar surface area (TPSA) is 84.8 Å². The molecule has 3 fully saturated rings. The van der Waals surface area contributed by atoms with Crippen molar-refractivity contribution in [3.63, 3.8) is 0 Å². The van der Waals surface area contributed by atoms with Crippen molar-refractivity contribution in [2.75, 3.05) is 7.11 Å². The van der Waals surface area contributed by atoms with E-state index in [-0.39, 0.29) is 42.9 Å². The summed E-state index contributed by atoms with van der Waals surface area (Å²) in [6.07, 6.45) is 2.86. The molecule has 10 atom stereocenters. The summed E-state index contributed by atoms with van der Waals surface area (Å²) in [5, 5.41) is 13.4. The van der Waals surface area contributed by atoms with Crippen molar-refractivity contribution in [1.29, 1.82) is 0 Å². The molecule has 8 heteroatoms. The van der Waals surface area contributed by atoms with Crippen LogP contribution in [0.5, 0.6) is 5.75 Å². The SMILES string of the molecule is CCC1CC(CC(O)CC2CC(CC3CC(C)O[C@@H](c4c(OC)ccc5ccccc45)O3)O[C@@H](C)O2)O[C@@H](c2ccccc2)O1. The predicted octanol–water partition coefficient (Wildman–Crippen LogP) is 7.38. The lowest BCUT2D eigenvalue weighted by Crippen LogP contribution is -2.42. The van der Waals surface area contributed by atoms with Gasteiger partial charge in [-0.3, -0.25) is 0 Å². The highest BCUT2D eigenvalue weighted by Crippen LogP contribution is 2.41. The quantitative estimate of drug-likeness (QED) is 0.252. The number of hydrogen-bond donors (Lipinski definition) is 1. The molecule has 45 heavy (non-hydrogen) atoms. The molecule has 3 aromatic carbocycles. The standard InChI is InChI=1S/C37H48O8/c1-5-28-20-31(44-36(43-28)26-12-7-6-8-13-26)19-27(38)18-30-22-32(42-24(3)41-30)21-29-17-23(2)40-37(45-29)35-33-14-10-9-11-25(33)15-16-34(35)39-4/h6-16,23-24,27-32,36-38H,5,17-22H2,1-4H3/t23?,24-,27?,28?,29?,30?,31?,32?,36-,37+/m0/s1. The van der Waals surface area contributed by atoms with Crippen LogP contribution in [0.15, 0.2) is 66.7 Å². The molecule has 8 nitrogen and oxygen atoms in total. The first-order valence-corrected chi connectivity index (χ1v) is 16.6. The van der Waals surface area contributed by atoms with Gasteiger partial charge < -0.3 is 38.3 Å². The Kier molecular flexibility index (Phi) is 10.7. The third-order valence-electron chi connectivity index (χ3n) is 9.23. The number of ether oxygens (including phenoxy) is 7. The van der Waals surface area contributed by atoms with Gasteiger partial charge in [-0.1, -0.05) is 67.6 Å². The van der Waals surface area contributed by atoms with Gasteiger partial charge in [0.1, 0.15) is 5.75 Å². The summed E-state index contributed by atoms with van der Waals surface area (Å²) in [5.41, 5.74) is 1.93. The summed E-state index contributed by atoms with van der Waals surface area (Å²) >= 11 is 0. The number of aliphatic hydroxyl groups is 1. The molecule has 3 aliphatic rings. The zero-order valence-electron chi connectivity index (χ0n) is 26.9. The molecular formula is C37H48O8. The maximum atomic E-state index is 11.2. The Morgan fingerprint density at radius 2 is 1.36 bits per heavy atom. The molecule has 0 amide bonds. The molecule has 244 valence electrons. The van der Waals surface area contributed by atoms with Crippen LogP contribution < -0.4 is 4.74 Å². The molecule has 0 spiro atoms. The average Bonchev–Trinajstić information content (AvgIpc) is 3.03. The number of rotatable bonds is 10. The molecule has 0 aromatic heterocycles. The van der Waals surface area contributed by atoms with Crippen LogP contribution in [0.25, 0.3) is 10.8 Å². The molecule has 3 aliphatic heterocycles. The zero-order valence-corrected chi connectivity index (χ0v) is 26.9. The van der Waals surface area contributed by atoms with Crippen LogP contribution in [0, 0.1) is 0 Å². The van der Waals surface area contributed by atoms with E-state index in [1.165, 1.54) is 0 Å². The fourth-order valence-electron chi connectivity index (χ4n) is 7.13. The smallest absolute Gasteiger partial charge is 0.188 e. The normalized spacial score (nSPS) is 33.1. The molecule has 0 aliphatic carbocycles.